The molecule has 0 spiro atoms. The van der Waals surface area contributed by atoms with Crippen LogP contribution < -0.4 is 4.90 Å². The van der Waals surface area contributed by atoms with Gasteiger partial charge in [0.1, 0.15) is 0 Å². The molecule has 1 amide bonds. The number of aromatic amines is 1. The zero-order valence-corrected chi connectivity index (χ0v) is 10.1. The van der Waals surface area contributed by atoms with E-state index in [1.807, 2.05) is 18.2 Å². The molecule has 0 saturated carbocycles. The SMILES string of the molecule is CC1Cc2ccccc2N(C(=O)c2cn[nH]n2)C1. The first-order valence-electron chi connectivity index (χ1n) is 6.01. The summed E-state index contributed by atoms with van der Waals surface area (Å²) in [5.74, 6) is 0.360. The Labute approximate surface area is 105 Å². The van der Waals surface area contributed by atoms with E-state index in [1.165, 1.54) is 11.8 Å². The van der Waals surface area contributed by atoms with Gasteiger partial charge in [-0.05, 0) is 24.0 Å². The predicted molar refractivity (Wildman–Crippen MR) is 67.4 cm³/mol. The van der Waals surface area contributed by atoms with E-state index in [-0.39, 0.29) is 5.91 Å². The molecule has 2 aromatic rings. The molecule has 92 valence electrons. The maximum Gasteiger partial charge on any atom is 0.280 e. The van der Waals surface area contributed by atoms with Gasteiger partial charge >= 0.3 is 0 Å². The van der Waals surface area contributed by atoms with Crippen molar-refractivity contribution in [1.29, 1.82) is 0 Å². The molecule has 0 aliphatic carbocycles. The lowest BCUT2D eigenvalue weighted by molar-refractivity contribution is 0.0976. The van der Waals surface area contributed by atoms with Gasteiger partial charge in [0.05, 0.1) is 6.20 Å². The van der Waals surface area contributed by atoms with Crippen molar-refractivity contribution in [3.05, 3.63) is 41.7 Å². The minimum absolute atomic E-state index is 0.0947. The van der Waals surface area contributed by atoms with E-state index in [1.54, 1.807) is 4.90 Å². The largest absolute Gasteiger partial charge is 0.306 e. The summed E-state index contributed by atoms with van der Waals surface area (Å²) >= 11 is 0. The molecule has 5 nitrogen and oxygen atoms in total. The van der Waals surface area contributed by atoms with Crippen LogP contribution in [0.15, 0.2) is 30.5 Å². The summed E-state index contributed by atoms with van der Waals surface area (Å²) in [5.41, 5.74) is 2.57. The maximum absolute atomic E-state index is 12.4. The van der Waals surface area contributed by atoms with Crippen LogP contribution in [-0.2, 0) is 6.42 Å². The van der Waals surface area contributed by atoms with Crippen LogP contribution in [0.2, 0.25) is 0 Å². The Morgan fingerprint density at radius 3 is 3.06 bits per heavy atom. The van der Waals surface area contributed by atoms with Crippen LogP contribution in [0.4, 0.5) is 5.69 Å². The van der Waals surface area contributed by atoms with Crippen LogP contribution in [0, 0.1) is 5.92 Å². The van der Waals surface area contributed by atoms with E-state index < -0.39 is 0 Å². The summed E-state index contributed by atoms with van der Waals surface area (Å²) in [4.78, 5) is 14.2. The Kier molecular flexibility index (Phi) is 2.59. The summed E-state index contributed by atoms with van der Waals surface area (Å²) < 4.78 is 0. The number of para-hydroxylation sites is 1. The highest BCUT2D eigenvalue weighted by molar-refractivity contribution is 6.05. The van der Waals surface area contributed by atoms with Crippen LogP contribution in [-0.4, -0.2) is 27.9 Å². The number of fused-ring (bicyclic) bond motifs is 1. The Hall–Kier alpha value is -2.17. The number of benzene rings is 1. The van der Waals surface area contributed by atoms with Gasteiger partial charge in [0.25, 0.3) is 5.91 Å². The van der Waals surface area contributed by atoms with E-state index in [0.717, 1.165) is 18.7 Å². The van der Waals surface area contributed by atoms with Gasteiger partial charge in [0.15, 0.2) is 5.69 Å². The number of hydrogen-bond acceptors (Lipinski definition) is 3. The quantitative estimate of drug-likeness (QED) is 0.827. The molecule has 1 aliphatic heterocycles. The fourth-order valence-electron chi connectivity index (χ4n) is 2.43. The number of amides is 1. The van der Waals surface area contributed by atoms with Crippen molar-refractivity contribution >= 4 is 11.6 Å². The predicted octanol–water partition coefficient (Wildman–Crippen LogP) is 1.64. The number of hydrogen-bond donors (Lipinski definition) is 1. The van der Waals surface area contributed by atoms with Gasteiger partial charge in [-0.25, -0.2) is 0 Å². The van der Waals surface area contributed by atoms with Gasteiger partial charge in [0.2, 0.25) is 0 Å². The first-order chi connectivity index (χ1) is 8.75. The lowest BCUT2D eigenvalue weighted by atomic mass is 9.94. The standard InChI is InChI=1S/C13H14N4O/c1-9-6-10-4-2-3-5-12(10)17(8-9)13(18)11-7-14-16-15-11/h2-5,7,9H,6,8H2,1H3,(H,14,15,16). The van der Waals surface area contributed by atoms with E-state index in [0.29, 0.717) is 11.6 Å². The summed E-state index contributed by atoms with van der Waals surface area (Å²) in [7, 11) is 0. The first-order valence-corrected chi connectivity index (χ1v) is 6.01. The van der Waals surface area contributed by atoms with Gasteiger partial charge in [-0.1, -0.05) is 25.1 Å². The smallest absolute Gasteiger partial charge is 0.280 e. The third kappa shape index (κ3) is 1.77. The zero-order valence-electron chi connectivity index (χ0n) is 10.1. The Balaban J connectivity index is 2.00. The molecule has 0 saturated heterocycles. The summed E-state index contributed by atoms with van der Waals surface area (Å²) in [6, 6.07) is 8.03. The molecule has 2 heterocycles. The van der Waals surface area contributed by atoms with Crippen LogP contribution in [0.25, 0.3) is 0 Å². The first kappa shape index (κ1) is 11.0. The van der Waals surface area contributed by atoms with Crippen molar-refractivity contribution in [2.45, 2.75) is 13.3 Å². The molecule has 3 rings (SSSR count). The topological polar surface area (TPSA) is 61.9 Å². The third-order valence-electron chi connectivity index (χ3n) is 3.22. The molecule has 1 aromatic carbocycles. The minimum Gasteiger partial charge on any atom is -0.306 e. The van der Waals surface area contributed by atoms with Crippen molar-refractivity contribution < 1.29 is 4.79 Å². The van der Waals surface area contributed by atoms with Crippen LogP contribution >= 0.6 is 0 Å². The number of carbonyl (C=O) groups is 1. The summed E-state index contributed by atoms with van der Waals surface area (Å²) in [5, 5.41) is 10.0. The van der Waals surface area contributed by atoms with Gasteiger partial charge in [-0.3, -0.25) is 4.79 Å². The van der Waals surface area contributed by atoms with E-state index >= 15 is 0 Å². The number of anilines is 1. The van der Waals surface area contributed by atoms with Crippen LogP contribution in [0.5, 0.6) is 0 Å². The lowest BCUT2D eigenvalue weighted by Crippen LogP contribution is -2.39. The zero-order chi connectivity index (χ0) is 12.5. The van der Waals surface area contributed by atoms with Gasteiger partial charge in [0, 0.05) is 12.2 Å². The monoisotopic (exact) mass is 242 g/mol. The second-order valence-corrected chi connectivity index (χ2v) is 4.71. The second kappa shape index (κ2) is 4.25. The Bertz CT molecular complexity index is 564. The number of nitrogens with zero attached hydrogens (tertiary/aromatic N) is 3. The molecular formula is C13H14N4O. The van der Waals surface area contributed by atoms with Crippen LogP contribution in [0.3, 0.4) is 0 Å². The molecule has 0 fully saturated rings. The van der Waals surface area contributed by atoms with Crippen molar-refractivity contribution in [2.75, 3.05) is 11.4 Å². The number of nitrogens with one attached hydrogen (secondary N) is 1. The Morgan fingerprint density at radius 2 is 2.28 bits per heavy atom. The molecule has 1 unspecified atom stereocenters. The fraction of sp³-hybridized carbons (Fsp3) is 0.308. The molecule has 1 atom stereocenters. The van der Waals surface area contributed by atoms with E-state index in [4.69, 9.17) is 0 Å². The van der Waals surface area contributed by atoms with E-state index in [9.17, 15) is 4.79 Å². The van der Waals surface area contributed by atoms with E-state index in [2.05, 4.69) is 28.4 Å². The van der Waals surface area contributed by atoms with Gasteiger partial charge in [-0.15, -0.1) is 0 Å². The minimum atomic E-state index is -0.0947. The van der Waals surface area contributed by atoms with Crippen molar-refractivity contribution in [3.8, 4) is 0 Å². The molecule has 18 heavy (non-hydrogen) atoms. The molecule has 1 aliphatic rings. The van der Waals surface area contributed by atoms with Crippen molar-refractivity contribution in [3.63, 3.8) is 0 Å². The maximum atomic E-state index is 12.4. The summed E-state index contributed by atoms with van der Waals surface area (Å²) in [6.07, 6.45) is 2.48. The fourth-order valence-corrected chi connectivity index (χ4v) is 2.43. The lowest BCUT2D eigenvalue weighted by Gasteiger charge is -2.32. The van der Waals surface area contributed by atoms with Gasteiger partial charge < -0.3 is 4.90 Å². The van der Waals surface area contributed by atoms with Crippen LogP contribution in [0.1, 0.15) is 23.0 Å². The summed E-state index contributed by atoms with van der Waals surface area (Å²) in [6.45, 7) is 2.88. The third-order valence-corrected chi connectivity index (χ3v) is 3.22. The highest BCUT2D eigenvalue weighted by Gasteiger charge is 2.27. The second-order valence-electron chi connectivity index (χ2n) is 4.71. The van der Waals surface area contributed by atoms with Crippen molar-refractivity contribution in [2.24, 2.45) is 5.92 Å². The highest BCUT2D eigenvalue weighted by Crippen LogP contribution is 2.30. The normalized spacial score (nSPS) is 18.5. The van der Waals surface area contributed by atoms with Gasteiger partial charge in [-0.2, -0.15) is 15.4 Å². The number of rotatable bonds is 1. The molecule has 1 aromatic heterocycles. The highest BCUT2D eigenvalue weighted by atomic mass is 16.2. The average Bonchev–Trinajstić information content (AvgIpc) is 2.90. The Morgan fingerprint density at radius 1 is 1.44 bits per heavy atom. The number of H-pyrrole nitrogens is 1. The molecule has 5 heteroatoms. The molecular weight excluding hydrogens is 228 g/mol. The molecule has 0 radical (unpaired) electrons. The number of carbonyl (C=O) groups excluding carboxylic acids is 1. The number of aromatic nitrogens is 3. The molecule has 1 N–H and O–H groups in total. The van der Waals surface area contributed by atoms with Crippen molar-refractivity contribution in [1.82, 2.24) is 15.4 Å². The molecule has 0 bridgehead atoms. The average molecular weight is 242 g/mol.